The van der Waals surface area contributed by atoms with E-state index in [4.69, 9.17) is 0 Å². The van der Waals surface area contributed by atoms with Gasteiger partial charge >= 0.3 is 0 Å². The van der Waals surface area contributed by atoms with E-state index in [1.165, 1.54) is 22.0 Å². The molecule has 0 amide bonds. The summed E-state index contributed by atoms with van der Waals surface area (Å²) in [7, 11) is 0. The lowest BCUT2D eigenvalue weighted by molar-refractivity contribution is 0.589. The van der Waals surface area contributed by atoms with Crippen molar-refractivity contribution in [1.82, 2.24) is 10.3 Å². The zero-order valence-electron chi connectivity index (χ0n) is 10.3. The van der Waals surface area contributed by atoms with Gasteiger partial charge in [0.2, 0.25) is 0 Å². The van der Waals surface area contributed by atoms with Crippen LogP contribution in [0.15, 0.2) is 0 Å². The summed E-state index contributed by atoms with van der Waals surface area (Å²) < 4.78 is 0. The van der Waals surface area contributed by atoms with E-state index in [9.17, 15) is 0 Å². The fourth-order valence-electron chi connectivity index (χ4n) is 1.46. The number of nitrogens with one attached hydrogen (secondary N) is 1. The van der Waals surface area contributed by atoms with E-state index in [2.05, 4.69) is 38.0 Å². The molecule has 1 rings (SSSR count). The van der Waals surface area contributed by atoms with Crippen LogP contribution in [0.1, 0.15) is 49.7 Å². The molecular formula is C12H22N2S. The van der Waals surface area contributed by atoms with Crippen molar-refractivity contribution >= 4 is 11.3 Å². The summed E-state index contributed by atoms with van der Waals surface area (Å²) in [5, 5.41) is 4.75. The Morgan fingerprint density at radius 3 is 2.60 bits per heavy atom. The van der Waals surface area contributed by atoms with E-state index >= 15 is 0 Å². The zero-order chi connectivity index (χ0) is 11.3. The Bertz CT molecular complexity index is 292. The number of aromatic nitrogens is 1. The highest BCUT2D eigenvalue weighted by Crippen LogP contribution is 2.20. The van der Waals surface area contributed by atoms with Gasteiger partial charge in [-0.2, -0.15) is 0 Å². The molecule has 0 aromatic carbocycles. The maximum Gasteiger partial charge on any atom is 0.0928 e. The Morgan fingerprint density at radius 2 is 2.07 bits per heavy atom. The van der Waals surface area contributed by atoms with Crippen molar-refractivity contribution in [3.05, 3.63) is 15.6 Å². The molecule has 86 valence electrons. The number of thiazole rings is 1. The van der Waals surface area contributed by atoms with E-state index in [1.807, 2.05) is 11.3 Å². The van der Waals surface area contributed by atoms with Gasteiger partial charge in [0, 0.05) is 17.5 Å². The third-order valence-corrected chi connectivity index (χ3v) is 3.52. The lowest BCUT2D eigenvalue weighted by Crippen LogP contribution is -2.21. The van der Waals surface area contributed by atoms with Crippen molar-refractivity contribution in [3.8, 4) is 0 Å². The molecule has 15 heavy (non-hydrogen) atoms. The molecule has 3 heteroatoms. The first kappa shape index (κ1) is 12.7. The number of nitrogens with zero attached hydrogens (tertiary/aromatic N) is 1. The molecule has 0 saturated heterocycles. The fraction of sp³-hybridized carbons (Fsp3) is 0.750. The summed E-state index contributed by atoms with van der Waals surface area (Å²) in [6, 6.07) is 0.548. The summed E-state index contributed by atoms with van der Waals surface area (Å²) in [6.45, 7) is 9.73. The molecule has 0 spiro atoms. The van der Waals surface area contributed by atoms with Crippen LogP contribution in [0.25, 0.3) is 0 Å². The van der Waals surface area contributed by atoms with Gasteiger partial charge in [0.1, 0.15) is 0 Å². The average molecular weight is 226 g/mol. The summed E-state index contributed by atoms with van der Waals surface area (Å²) in [4.78, 5) is 6.11. The molecule has 0 fully saturated rings. The molecule has 0 aliphatic heterocycles. The summed E-state index contributed by atoms with van der Waals surface area (Å²) in [5.74, 6) is 0. The third-order valence-electron chi connectivity index (χ3n) is 2.28. The molecular weight excluding hydrogens is 204 g/mol. The smallest absolute Gasteiger partial charge is 0.0928 e. The molecule has 0 bridgehead atoms. The first-order valence-corrected chi connectivity index (χ1v) is 6.69. The maximum absolute atomic E-state index is 4.67. The van der Waals surface area contributed by atoms with Crippen molar-refractivity contribution < 1.29 is 0 Å². The first-order valence-electron chi connectivity index (χ1n) is 5.88. The summed E-state index contributed by atoms with van der Waals surface area (Å²) in [5.41, 5.74) is 1.31. The molecule has 0 radical (unpaired) electrons. The number of hydrogen-bond acceptors (Lipinski definition) is 3. The normalized spacial score (nSPS) is 11.3. The average Bonchev–Trinajstić information content (AvgIpc) is 2.58. The number of hydrogen-bond donors (Lipinski definition) is 1. The van der Waals surface area contributed by atoms with Crippen molar-refractivity contribution in [2.45, 2.75) is 59.5 Å². The second-order valence-electron chi connectivity index (χ2n) is 4.12. The fourth-order valence-corrected chi connectivity index (χ4v) is 2.46. The van der Waals surface area contributed by atoms with Gasteiger partial charge < -0.3 is 5.32 Å². The molecule has 0 atom stereocenters. The Hall–Kier alpha value is -0.410. The van der Waals surface area contributed by atoms with Gasteiger partial charge in [-0.3, -0.25) is 0 Å². The van der Waals surface area contributed by atoms with E-state index in [0.29, 0.717) is 6.04 Å². The van der Waals surface area contributed by atoms with Crippen LogP contribution in [0.2, 0.25) is 0 Å². The summed E-state index contributed by atoms with van der Waals surface area (Å²) >= 11 is 1.87. The highest BCUT2D eigenvalue weighted by atomic mass is 32.1. The van der Waals surface area contributed by atoms with Gasteiger partial charge in [-0.15, -0.1) is 11.3 Å². The van der Waals surface area contributed by atoms with Crippen LogP contribution in [0.5, 0.6) is 0 Å². The highest BCUT2D eigenvalue weighted by Gasteiger charge is 2.09. The maximum atomic E-state index is 4.67. The minimum Gasteiger partial charge on any atom is -0.310 e. The quantitative estimate of drug-likeness (QED) is 0.806. The molecule has 2 nitrogen and oxygen atoms in total. The van der Waals surface area contributed by atoms with Crippen LogP contribution >= 0.6 is 11.3 Å². The van der Waals surface area contributed by atoms with E-state index in [1.54, 1.807) is 0 Å². The monoisotopic (exact) mass is 226 g/mol. The van der Waals surface area contributed by atoms with Gasteiger partial charge in [-0.05, 0) is 12.8 Å². The second-order valence-corrected chi connectivity index (χ2v) is 5.28. The molecule has 1 aromatic heterocycles. The summed E-state index contributed by atoms with van der Waals surface area (Å²) in [6.07, 6.45) is 3.36. The Kier molecular flexibility index (Phi) is 5.26. The number of rotatable bonds is 6. The second kappa shape index (κ2) is 6.23. The van der Waals surface area contributed by atoms with Gasteiger partial charge in [-0.25, -0.2) is 4.98 Å². The highest BCUT2D eigenvalue weighted by molar-refractivity contribution is 7.11. The largest absolute Gasteiger partial charge is 0.310 e. The lowest BCUT2D eigenvalue weighted by atomic mass is 10.2. The molecule has 0 aliphatic rings. The van der Waals surface area contributed by atoms with E-state index in [0.717, 1.165) is 19.4 Å². The molecule has 0 unspecified atom stereocenters. The SMILES string of the molecule is CCCc1nc(CC)sc1CNC(C)C. The Labute approximate surface area is 97.1 Å². The van der Waals surface area contributed by atoms with Crippen molar-refractivity contribution in [2.24, 2.45) is 0 Å². The van der Waals surface area contributed by atoms with Crippen LogP contribution in [-0.4, -0.2) is 11.0 Å². The zero-order valence-corrected chi connectivity index (χ0v) is 11.1. The van der Waals surface area contributed by atoms with E-state index < -0.39 is 0 Å². The Balaban J connectivity index is 2.69. The molecule has 1 heterocycles. The topological polar surface area (TPSA) is 24.9 Å². The molecule has 1 N–H and O–H groups in total. The van der Waals surface area contributed by atoms with E-state index in [-0.39, 0.29) is 0 Å². The van der Waals surface area contributed by atoms with Gasteiger partial charge in [-0.1, -0.05) is 34.1 Å². The van der Waals surface area contributed by atoms with Crippen LogP contribution in [0.4, 0.5) is 0 Å². The molecule has 0 saturated carbocycles. The minimum absolute atomic E-state index is 0.548. The minimum atomic E-state index is 0.548. The predicted molar refractivity (Wildman–Crippen MR) is 67.5 cm³/mol. The van der Waals surface area contributed by atoms with Crippen LogP contribution in [0, 0.1) is 0 Å². The van der Waals surface area contributed by atoms with Crippen molar-refractivity contribution in [2.75, 3.05) is 0 Å². The number of aryl methyl sites for hydroxylation is 2. The van der Waals surface area contributed by atoms with Crippen LogP contribution in [0.3, 0.4) is 0 Å². The van der Waals surface area contributed by atoms with Gasteiger partial charge in [0.15, 0.2) is 0 Å². The van der Waals surface area contributed by atoms with Gasteiger partial charge in [0.05, 0.1) is 10.7 Å². The molecule has 0 aliphatic carbocycles. The first-order chi connectivity index (χ1) is 7.17. The van der Waals surface area contributed by atoms with Crippen LogP contribution < -0.4 is 5.32 Å². The standard InChI is InChI=1S/C12H22N2S/c1-5-7-10-11(8-13-9(3)4)15-12(6-2)14-10/h9,13H,5-8H2,1-4H3. The Morgan fingerprint density at radius 1 is 1.33 bits per heavy atom. The van der Waals surface area contributed by atoms with Crippen molar-refractivity contribution in [1.29, 1.82) is 0 Å². The lowest BCUT2D eigenvalue weighted by Gasteiger charge is -2.07. The van der Waals surface area contributed by atoms with Crippen LogP contribution in [-0.2, 0) is 19.4 Å². The van der Waals surface area contributed by atoms with Gasteiger partial charge in [0.25, 0.3) is 0 Å². The third kappa shape index (κ3) is 3.92. The predicted octanol–water partition coefficient (Wildman–Crippen LogP) is 3.16. The van der Waals surface area contributed by atoms with Crippen molar-refractivity contribution in [3.63, 3.8) is 0 Å². The molecule has 1 aromatic rings.